The zero-order valence-electron chi connectivity index (χ0n) is 9.45. The maximum atomic E-state index is 12.5. The summed E-state index contributed by atoms with van der Waals surface area (Å²) in [6.45, 7) is -2.13. The molecule has 1 aromatic rings. The second-order valence-electron chi connectivity index (χ2n) is 3.74. The van der Waals surface area contributed by atoms with Crippen molar-refractivity contribution < 1.29 is 39.9 Å². The van der Waals surface area contributed by atoms with Gasteiger partial charge in [0, 0.05) is 5.69 Å². The molecule has 114 valence electrons. The van der Waals surface area contributed by atoms with E-state index in [2.05, 4.69) is 4.74 Å². The van der Waals surface area contributed by atoms with Gasteiger partial charge in [0.1, 0.15) is 5.75 Å². The van der Waals surface area contributed by atoms with Crippen LogP contribution < -0.4 is 10.5 Å². The summed E-state index contributed by atoms with van der Waals surface area (Å²) in [5.74, 6) is -5.97. The van der Waals surface area contributed by atoms with Crippen LogP contribution in [0.15, 0.2) is 18.2 Å². The molecular weight excluding hydrogens is 302 g/mol. The third-order valence-electron chi connectivity index (χ3n) is 2.17. The Balaban J connectivity index is 2.91. The minimum Gasteiger partial charge on any atom is -0.487 e. The van der Waals surface area contributed by atoms with Gasteiger partial charge in [-0.1, -0.05) is 0 Å². The zero-order valence-corrected chi connectivity index (χ0v) is 9.45. The molecule has 0 spiro atoms. The second kappa shape index (κ2) is 4.98. The Hall–Kier alpha value is -1.74. The molecule has 0 aromatic heterocycles. The van der Waals surface area contributed by atoms with Gasteiger partial charge in [0.25, 0.3) is 0 Å². The van der Waals surface area contributed by atoms with Gasteiger partial charge in [-0.05, 0) is 18.2 Å². The number of rotatable bonds is 3. The zero-order chi connectivity index (χ0) is 15.8. The first-order valence-corrected chi connectivity index (χ1v) is 4.88. The number of halogens is 8. The fraction of sp³-hybridized carbons (Fsp3) is 0.400. The van der Waals surface area contributed by atoms with Gasteiger partial charge in [0.05, 0.1) is 5.56 Å². The fourth-order valence-corrected chi connectivity index (χ4v) is 1.13. The third kappa shape index (κ3) is 3.64. The minimum atomic E-state index is -5.85. The van der Waals surface area contributed by atoms with Crippen LogP contribution in [-0.2, 0) is 6.18 Å². The van der Waals surface area contributed by atoms with Crippen molar-refractivity contribution in [2.75, 3.05) is 12.3 Å². The van der Waals surface area contributed by atoms with Gasteiger partial charge in [0.15, 0.2) is 6.61 Å². The Labute approximate surface area is 107 Å². The van der Waals surface area contributed by atoms with Crippen molar-refractivity contribution in [3.63, 3.8) is 0 Å². The lowest BCUT2D eigenvalue weighted by molar-refractivity contribution is -0.290. The van der Waals surface area contributed by atoms with Crippen molar-refractivity contribution in [1.29, 1.82) is 0 Å². The quantitative estimate of drug-likeness (QED) is 0.679. The number of hydrogen-bond donors (Lipinski definition) is 1. The van der Waals surface area contributed by atoms with E-state index in [0.29, 0.717) is 6.07 Å². The summed E-state index contributed by atoms with van der Waals surface area (Å²) in [4.78, 5) is 0. The molecule has 0 aliphatic rings. The number of alkyl halides is 8. The van der Waals surface area contributed by atoms with E-state index in [1.54, 1.807) is 0 Å². The summed E-state index contributed by atoms with van der Waals surface area (Å²) >= 11 is 0. The summed E-state index contributed by atoms with van der Waals surface area (Å²) < 4.78 is 102. The normalized spacial score (nSPS) is 13.4. The molecule has 1 aromatic carbocycles. The molecule has 0 fully saturated rings. The van der Waals surface area contributed by atoms with E-state index < -0.39 is 41.9 Å². The number of hydrogen-bond acceptors (Lipinski definition) is 2. The molecule has 2 N–H and O–H groups in total. The standard InChI is InChI=1S/C10H7F8NO/c11-8(12,10(16,17)18)4-20-5-1-2-7(19)6(3-5)9(13,14)15/h1-3H,4,19H2. The van der Waals surface area contributed by atoms with Crippen molar-refractivity contribution >= 4 is 5.69 Å². The van der Waals surface area contributed by atoms with Crippen molar-refractivity contribution in [3.05, 3.63) is 23.8 Å². The highest BCUT2D eigenvalue weighted by Gasteiger charge is 2.58. The smallest absolute Gasteiger partial charge is 0.456 e. The molecule has 0 bridgehead atoms. The number of ether oxygens (including phenoxy) is 1. The molecular formula is C10H7F8NO. The maximum Gasteiger partial charge on any atom is 0.456 e. The molecule has 0 amide bonds. The van der Waals surface area contributed by atoms with Crippen molar-refractivity contribution in [1.82, 2.24) is 0 Å². The highest BCUT2D eigenvalue weighted by Crippen LogP contribution is 2.38. The van der Waals surface area contributed by atoms with E-state index in [-0.39, 0.29) is 6.07 Å². The number of nitrogens with two attached hydrogens (primary N) is 1. The lowest BCUT2D eigenvalue weighted by Gasteiger charge is -2.20. The maximum absolute atomic E-state index is 12.5. The summed E-state index contributed by atoms with van der Waals surface area (Å²) in [5.41, 5.74) is 2.94. The van der Waals surface area contributed by atoms with Gasteiger partial charge < -0.3 is 10.5 Å². The van der Waals surface area contributed by atoms with Crippen LogP contribution in [0.1, 0.15) is 5.56 Å². The molecule has 0 saturated heterocycles. The lowest BCUT2D eigenvalue weighted by atomic mass is 10.1. The third-order valence-corrected chi connectivity index (χ3v) is 2.17. The van der Waals surface area contributed by atoms with E-state index in [1.807, 2.05) is 0 Å². The Morgan fingerprint density at radius 1 is 0.950 bits per heavy atom. The van der Waals surface area contributed by atoms with Crippen molar-refractivity contribution in [3.8, 4) is 5.75 Å². The topological polar surface area (TPSA) is 35.2 Å². The average Bonchev–Trinajstić information content (AvgIpc) is 2.24. The van der Waals surface area contributed by atoms with Crippen molar-refractivity contribution in [2.24, 2.45) is 0 Å². The van der Waals surface area contributed by atoms with Gasteiger partial charge in [-0.2, -0.15) is 35.1 Å². The molecule has 0 radical (unpaired) electrons. The molecule has 0 atom stereocenters. The number of nitrogen functional groups attached to an aromatic ring is 1. The Morgan fingerprint density at radius 3 is 1.95 bits per heavy atom. The van der Waals surface area contributed by atoms with Crippen LogP contribution in [0.2, 0.25) is 0 Å². The van der Waals surface area contributed by atoms with Gasteiger partial charge in [-0.25, -0.2) is 0 Å². The highest BCUT2D eigenvalue weighted by molar-refractivity contribution is 5.51. The molecule has 0 aliphatic heterocycles. The number of anilines is 1. The average molecular weight is 309 g/mol. The van der Waals surface area contributed by atoms with E-state index in [0.717, 1.165) is 6.07 Å². The van der Waals surface area contributed by atoms with E-state index >= 15 is 0 Å². The lowest BCUT2D eigenvalue weighted by Crippen LogP contribution is -2.41. The summed E-state index contributed by atoms with van der Waals surface area (Å²) in [7, 11) is 0. The van der Waals surface area contributed by atoms with E-state index in [1.165, 1.54) is 0 Å². The van der Waals surface area contributed by atoms with Crippen LogP contribution in [0.3, 0.4) is 0 Å². The molecule has 20 heavy (non-hydrogen) atoms. The Kier molecular flexibility index (Phi) is 4.07. The molecule has 2 nitrogen and oxygen atoms in total. The van der Waals surface area contributed by atoms with Crippen LogP contribution in [0.5, 0.6) is 5.75 Å². The van der Waals surface area contributed by atoms with Gasteiger partial charge in [0.2, 0.25) is 0 Å². The van der Waals surface area contributed by atoms with Gasteiger partial charge >= 0.3 is 18.3 Å². The first-order valence-electron chi connectivity index (χ1n) is 4.88. The van der Waals surface area contributed by atoms with Crippen LogP contribution in [0.25, 0.3) is 0 Å². The SMILES string of the molecule is Nc1ccc(OCC(F)(F)C(F)(F)F)cc1C(F)(F)F. The second-order valence-corrected chi connectivity index (χ2v) is 3.74. The minimum absolute atomic E-state index is 0.252. The summed E-state index contributed by atoms with van der Waals surface area (Å²) in [5, 5.41) is 0. The van der Waals surface area contributed by atoms with Crippen LogP contribution in [0.4, 0.5) is 40.8 Å². The molecule has 0 heterocycles. The summed E-state index contributed by atoms with van der Waals surface area (Å²) in [6, 6.07) is 1.71. The molecule has 0 unspecified atom stereocenters. The summed E-state index contributed by atoms with van der Waals surface area (Å²) in [6.07, 6.45) is -10.7. The fourth-order valence-electron chi connectivity index (χ4n) is 1.13. The number of benzene rings is 1. The van der Waals surface area contributed by atoms with Crippen LogP contribution >= 0.6 is 0 Å². The molecule has 1 rings (SSSR count). The predicted molar refractivity (Wildman–Crippen MR) is 52.4 cm³/mol. The molecule has 10 heteroatoms. The molecule has 0 aliphatic carbocycles. The first kappa shape index (κ1) is 16.3. The van der Waals surface area contributed by atoms with E-state index in [9.17, 15) is 35.1 Å². The van der Waals surface area contributed by atoms with Crippen LogP contribution in [0, 0.1) is 0 Å². The monoisotopic (exact) mass is 309 g/mol. The predicted octanol–water partition coefficient (Wildman–Crippen LogP) is 3.86. The molecule has 0 saturated carbocycles. The highest BCUT2D eigenvalue weighted by atomic mass is 19.4. The Morgan fingerprint density at radius 2 is 1.50 bits per heavy atom. The van der Waals surface area contributed by atoms with Crippen molar-refractivity contribution in [2.45, 2.75) is 18.3 Å². The van der Waals surface area contributed by atoms with Gasteiger partial charge in [-0.15, -0.1) is 0 Å². The van der Waals surface area contributed by atoms with Gasteiger partial charge in [-0.3, -0.25) is 0 Å². The van der Waals surface area contributed by atoms with E-state index in [4.69, 9.17) is 5.73 Å². The largest absolute Gasteiger partial charge is 0.487 e. The van der Waals surface area contributed by atoms with Crippen LogP contribution in [-0.4, -0.2) is 18.7 Å². The Bertz CT molecular complexity index is 479. The first-order chi connectivity index (χ1) is 8.84.